The molecule has 1 nitrogen and oxygen atoms in total. The lowest BCUT2D eigenvalue weighted by Crippen LogP contribution is -2.37. The van der Waals surface area contributed by atoms with E-state index in [1.54, 1.807) is 11.8 Å². The molecule has 0 bridgehead atoms. The molecule has 4 aromatic rings. The van der Waals surface area contributed by atoms with E-state index in [4.69, 9.17) is 5.73 Å². The number of hydrogen-bond donors (Lipinski definition) is 1. The number of hydrogen-bond acceptors (Lipinski definition) is 2. The highest BCUT2D eigenvalue weighted by Crippen LogP contribution is 2.40. The van der Waals surface area contributed by atoms with Gasteiger partial charge in [-0.3, -0.25) is 0 Å². The molecule has 0 saturated carbocycles. The summed E-state index contributed by atoms with van der Waals surface area (Å²) in [6, 6.07) is 30.1. The Labute approximate surface area is 184 Å². The van der Waals surface area contributed by atoms with Crippen molar-refractivity contribution in [2.24, 2.45) is 0 Å². The van der Waals surface area contributed by atoms with E-state index in [0.29, 0.717) is 0 Å². The second kappa shape index (κ2) is 8.17. The van der Waals surface area contributed by atoms with E-state index in [1.165, 1.54) is 27.1 Å². The van der Waals surface area contributed by atoms with Crippen LogP contribution in [0.25, 0.3) is 26.8 Å². The summed E-state index contributed by atoms with van der Waals surface area (Å²) in [5.74, 6) is 0. The zero-order chi connectivity index (χ0) is 21.3. The molecule has 3 heteroatoms. The number of para-hydroxylation sites is 1. The van der Waals surface area contributed by atoms with E-state index < -0.39 is 8.07 Å². The second-order valence-electron chi connectivity index (χ2n) is 8.60. The van der Waals surface area contributed by atoms with Crippen LogP contribution in [0.3, 0.4) is 0 Å². The average Bonchev–Trinajstić information content (AvgIpc) is 2.74. The van der Waals surface area contributed by atoms with Crippen molar-refractivity contribution in [3.8, 4) is 11.1 Å². The maximum absolute atomic E-state index is 6.14. The van der Waals surface area contributed by atoms with Crippen molar-refractivity contribution in [2.75, 3.05) is 5.73 Å². The Morgan fingerprint density at radius 3 is 2.07 bits per heavy atom. The number of rotatable bonds is 5. The van der Waals surface area contributed by atoms with Crippen molar-refractivity contribution in [3.05, 3.63) is 97.1 Å². The van der Waals surface area contributed by atoms with Gasteiger partial charge in [0.2, 0.25) is 0 Å². The minimum atomic E-state index is -1.30. The maximum Gasteiger partial charge on any atom is 0.0775 e. The van der Waals surface area contributed by atoms with E-state index in [1.807, 2.05) is 24.3 Å². The first-order chi connectivity index (χ1) is 14.3. The molecular weight excluding hydrogens is 398 g/mol. The highest BCUT2D eigenvalue weighted by Gasteiger charge is 2.16. The molecule has 0 saturated heterocycles. The summed E-state index contributed by atoms with van der Waals surface area (Å²) in [6.45, 7) is 11.5. The van der Waals surface area contributed by atoms with Crippen LogP contribution in [0.15, 0.2) is 96.4 Å². The lowest BCUT2D eigenvalue weighted by Gasteiger charge is -2.18. The molecule has 2 N–H and O–H groups in total. The van der Waals surface area contributed by atoms with Crippen LogP contribution in [0.4, 0.5) is 5.69 Å². The fourth-order valence-corrected chi connectivity index (χ4v) is 5.76. The third kappa shape index (κ3) is 4.09. The highest BCUT2D eigenvalue weighted by atomic mass is 32.2. The van der Waals surface area contributed by atoms with Crippen LogP contribution in [-0.2, 0) is 0 Å². The quantitative estimate of drug-likeness (QED) is 0.205. The standard InChI is InChI=1S/C27H27NSSi/c1-19(29-27-12-8-7-11-26(27)28)22-17-18-23(25-10-6-5-9-24(22)25)20-13-15-21(16-14-20)30(2,3)4/h5-18H,1,28H2,2-4H3. The Morgan fingerprint density at radius 1 is 0.767 bits per heavy atom. The molecule has 4 rings (SSSR count). The fourth-order valence-electron chi connectivity index (χ4n) is 3.70. The summed E-state index contributed by atoms with van der Waals surface area (Å²) in [6.07, 6.45) is 0. The van der Waals surface area contributed by atoms with E-state index in [0.717, 1.165) is 21.1 Å². The monoisotopic (exact) mass is 425 g/mol. The number of nitrogen functional groups attached to an aromatic ring is 1. The highest BCUT2D eigenvalue weighted by molar-refractivity contribution is 8.08. The summed E-state index contributed by atoms with van der Waals surface area (Å²) in [5.41, 5.74) is 10.6. The first-order valence-corrected chi connectivity index (χ1v) is 14.5. The summed E-state index contributed by atoms with van der Waals surface area (Å²) in [7, 11) is -1.30. The minimum Gasteiger partial charge on any atom is -0.398 e. The van der Waals surface area contributed by atoms with Gasteiger partial charge in [-0.25, -0.2) is 0 Å². The van der Waals surface area contributed by atoms with Crippen LogP contribution in [0, 0.1) is 0 Å². The zero-order valence-corrected chi connectivity index (χ0v) is 19.6. The van der Waals surface area contributed by atoms with Crippen molar-refractivity contribution in [1.82, 2.24) is 0 Å². The molecule has 0 radical (unpaired) electrons. The zero-order valence-electron chi connectivity index (χ0n) is 17.8. The fraction of sp³-hybridized carbons (Fsp3) is 0.111. The van der Waals surface area contributed by atoms with Gasteiger partial charge >= 0.3 is 0 Å². The summed E-state index contributed by atoms with van der Waals surface area (Å²) in [5, 5.41) is 3.95. The maximum atomic E-state index is 6.14. The Balaban J connectivity index is 1.75. The van der Waals surface area contributed by atoms with Crippen molar-refractivity contribution in [2.45, 2.75) is 24.5 Å². The van der Waals surface area contributed by atoms with Crippen LogP contribution < -0.4 is 10.9 Å². The second-order valence-corrected chi connectivity index (χ2v) is 14.8. The SMILES string of the molecule is C=C(Sc1ccccc1N)c1ccc(-c2ccc([Si](C)(C)C)cc2)c2ccccc12. The van der Waals surface area contributed by atoms with Crippen molar-refractivity contribution >= 4 is 46.4 Å². The van der Waals surface area contributed by atoms with Crippen molar-refractivity contribution in [3.63, 3.8) is 0 Å². The molecule has 0 atom stereocenters. The average molecular weight is 426 g/mol. The van der Waals surface area contributed by atoms with Gasteiger partial charge in [-0.1, -0.05) is 116 Å². The van der Waals surface area contributed by atoms with Gasteiger partial charge in [-0.2, -0.15) is 0 Å². The molecule has 0 aromatic heterocycles. The Bertz CT molecular complexity index is 1220. The first kappa shape index (κ1) is 20.5. The molecule has 0 spiro atoms. The normalized spacial score (nSPS) is 11.6. The van der Waals surface area contributed by atoms with Crippen molar-refractivity contribution < 1.29 is 0 Å². The van der Waals surface area contributed by atoms with Gasteiger partial charge in [0, 0.05) is 15.5 Å². The molecule has 0 aliphatic carbocycles. The molecule has 150 valence electrons. The third-order valence-electron chi connectivity index (χ3n) is 5.44. The van der Waals surface area contributed by atoms with Crippen molar-refractivity contribution in [1.29, 1.82) is 0 Å². The van der Waals surface area contributed by atoms with Crippen LogP contribution in [0.1, 0.15) is 5.56 Å². The number of nitrogens with two attached hydrogens (primary N) is 1. The Hall–Kier alpha value is -2.75. The molecule has 0 heterocycles. The Morgan fingerprint density at radius 2 is 1.40 bits per heavy atom. The number of fused-ring (bicyclic) bond motifs is 1. The molecule has 0 amide bonds. The number of benzene rings is 4. The molecule has 0 fully saturated rings. The van der Waals surface area contributed by atoms with Gasteiger partial charge in [-0.05, 0) is 39.6 Å². The molecule has 30 heavy (non-hydrogen) atoms. The molecule has 0 aliphatic heterocycles. The van der Waals surface area contributed by atoms with Crippen LogP contribution in [-0.4, -0.2) is 8.07 Å². The summed E-state index contributed by atoms with van der Waals surface area (Å²) in [4.78, 5) is 2.04. The van der Waals surface area contributed by atoms with E-state index in [2.05, 4.69) is 86.9 Å². The van der Waals surface area contributed by atoms with E-state index in [-0.39, 0.29) is 0 Å². The van der Waals surface area contributed by atoms with Gasteiger partial charge in [0.25, 0.3) is 0 Å². The lowest BCUT2D eigenvalue weighted by molar-refractivity contribution is 1.47. The molecule has 0 unspecified atom stereocenters. The molecule has 4 aromatic carbocycles. The van der Waals surface area contributed by atoms with Gasteiger partial charge in [0.05, 0.1) is 8.07 Å². The van der Waals surface area contributed by atoms with E-state index in [9.17, 15) is 0 Å². The van der Waals surface area contributed by atoms with Gasteiger partial charge in [0.15, 0.2) is 0 Å². The Kier molecular flexibility index (Phi) is 5.59. The number of thioether (sulfide) groups is 1. The largest absolute Gasteiger partial charge is 0.398 e. The van der Waals surface area contributed by atoms with Crippen LogP contribution in [0.2, 0.25) is 19.6 Å². The molecular formula is C27H27NSSi. The third-order valence-corrected chi connectivity index (χ3v) is 8.56. The van der Waals surface area contributed by atoms with Crippen LogP contribution in [0.5, 0.6) is 0 Å². The summed E-state index contributed by atoms with van der Waals surface area (Å²) < 4.78 is 0. The minimum absolute atomic E-state index is 0.784. The first-order valence-electron chi connectivity index (χ1n) is 10.2. The van der Waals surface area contributed by atoms with Crippen LogP contribution >= 0.6 is 11.8 Å². The topological polar surface area (TPSA) is 26.0 Å². The van der Waals surface area contributed by atoms with Gasteiger partial charge < -0.3 is 5.73 Å². The van der Waals surface area contributed by atoms with Gasteiger partial charge in [-0.15, -0.1) is 0 Å². The number of anilines is 1. The smallest absolute Gasteiger partial charge is 0.0775 e. The predicted octanol–water partition coefficient (Wildman–Crippen LogP) is 7.40. The predicted molar refractivity (Wildman–Crippen MR) is 138 cm³/mol. The van der Waals surface area contributed by atoms with E-state index >= 15 is 0 Å². The molecule has 0 aliphatic rings. The lowest BCUT2D eigenvalue weighted by atomic mass is 9.95. The van der Waals surface area contributed by atoms with Gasteiger partial charge in [0.1, 0.15) is 0 Å². The summed E-state index contributed by atoms with van der Waals surface area (Å²) >= 11 is 1.63.